The molecule has 4 aromatic carbocycles. The van der Waals surface area contributed by atoms with Gasteiger partial charge in [-0.1, -0.05) is 94.4 Å². The fourth-order valence-corrected chi connectivity index (χ4v) is 6.93. The van der Waals surface area contributed by atoms with E-state index >= 15 is 0 Å². The molecule has 7 rings (SSSR count). The van der Waals surface area contributed by atoms with Crippen LogP contribution in [0.1, 0.15) is 55.5 Å². The molecule has 2 nitrogen and oxygen atoms in total. The minimum atomic E-state index is -0.0917. The summed E-state index contributed by atoms with van der Waals surface area (Å²) in [4.78, 5) is 0. The van der Waals surface area contributed by atoms with Crippen LogP contribution >= 0.6 is 0 Å². The van der Waals surface area contributed by atoms with Crippen molar-refractivity contribution in [3.63, 3.8) is 0 Å². The molecule has 0 spiro atoms. The third-order valence-electron chi connectivity index (χ3n) is 9.14. The Kier molecular flexibility index (Phi) is 5.01. The van der Waals surface area contributed by atoms with Crippen molar-refractivity contribution in [2.75, 3.05) is 0 Å². The van der Waals surface area contributed by atoms with Gasteiger partial charge in [-0.15, -0.1) is 0 Å². The molecule has 2 heterocycles. The van der Waals surface area contributed by atoms with Crippen LogP contribution in [0.3, 0.4) is 0 Å². The lowest BCUT2D eigenvalue weighted by molar-refractivity contribution is -0.660. The number of nitrogens with zero attached hydrogens (tertiary/aromatic N) is 1. The highest BCUT2D eigenvalue weighted by Crippen LogP contribution is 2.51. The SMILES string of the molecule is Cc1ccc2c(oc3c(-c4ccc5c(c4)C(C)(C)c4ccccc4C5(C)C)cccc32)c1-c1cccc[n+]1C. The van der Waals surface area contributed by atoms with Crippen molar-refractivity contribution in [3.8, 4) is 22.4 Å². The zero-order valence-electron chi connectivity index (χ0n) is 23.6. The van der Waals surface area contributed by atoms with Crippen LogP contribution in [0.15, 0.2) is 102 Å². The fourth-order valence-electron chi connectivity index (χ4n) is 6.93. The largest absolute Gasteiger partial charge is 0.454 e. The van der Waals surface area contributed by atoms with E-state index in [9.17, 15) is 0 Å². The molecule has 0 fully saturated rings. The Morgan fingerprint density at radius 1 is 0.615 bits per heavy atom. The van der Waals surface area contributed by atoms with Gasteiger partial charge in [0.25, 0.3) is 0 Å². The van der Waals surface area contributed by atoms with Crippen molar-refractivity contribution in [2.24, 2.45) is 7.05 Å². The first-order valence-electron chi connectivity index (χ1n) is 13.8. The zero-order chi connectivity index (χ0) is 27.1. The second kappa shape index (κ2) is 8.16. The van der Waals surface area contributed by atoms with Gasteiger partial charge in [-0.3, -0.25) is 0 Å². The van der Waals surface area contributed by atoms with Crippen molar-refractivity contribution < 1.29 is 8.98 Å². The van der Waals surface area contributed by atoms with Gasteiger partial charge in [0.1, 0.15) is 18.2 Å². The molecule has 0 saturated heterocycles. The number of para-hydroxylation sites is 1. The van der Waals surface area contributed by atoms with Gasteiger partial charge in [-0.05, 0) is 52.4 Å². The monoisotopic (exact) mass is 508 g/mol. The number of pyridine rings is 1. The predicted molar refractivity (Wildman–Crippen MR) is 161 cm³/mol. The van der Waals surface area contributed by atoms with Crippen molar-refractivity contribution in [1.82, 2.24) is 0 Å². The van der Waals surface area contributed by atoms with E-state index in [2.05, 4.69) is 143 Å². The second-order valence-corrected chi connectivity index (χ2v) is 12.2. The van der Waals surface area contributed by atoms with Crippen LogP contribution in [0.25, 0.3) is 44.3 Å². The number of benzene rings is 4. The number of fused-ring (bicyclic) bond motifs is 5. The van der Waals surface area contributed by atoms with Gasteiger partial charge < -0.3 is 4.42 Å². The molecule has 2 aromatic heterocycles. The Hall–Kier alpha value is -4.17. The average molecular weight is 509 g/mol. The summed E-state index contributed by atoms with van der Waals surface area (Å²) in [7, 11) is 2.09. The Balaban J connectivity index is 1.48. The van der Waals surface area contributed by atoms with E-state index in [1.54, 1.807) is 0 Å². The number of aryl methyl sites for hydroxylation is 2. The maximum atomic E-state index is 6.84. The van der Waals surface area contributed by atoms with Crippen LogP contribution in [-0.2, 0) is 17.9 Å². The molecule has 6 aromatic rings. The highest BCUT2D eigenvalue weighted by atomic mass is 16.3. The first-order chi connectivity index (χ1) is 18.7. The van der Waals surface area contributed by atoms with E-state index in [0.29, 0.717) is 0 Å². The van der Waals surface area contributed by atoms with Crippen molar-refractivity contribution in [3.05, 3.63) is 125 Å². The zero-order valence-corrected chi connectivity index (χ0v) is 23.6. The molecular formula is C37H34NO+. The molecule has 0 saturated carbocycles. The van der Waals surface area contributed by atoms with Gasteiger partial charge >= 0.3 is 0 Å². The quantitative estimate of drug-likeness (QED) is 0.213. The summed E-state index contributed by atoms with van der Waals surface area (Å²) < 4.78 is 9.01. The van der Waals surface area contributed by atoms with E-state index in [0.717, 1.165) is 38.8 Å². The van der Waals surface area contributed by atoms with E-state index in [1.807, 2.05) is 0 Å². The molecular weight excluding hydrogens is 474 g/mol. The number of aromatic nitrogens is 1. The van der Waals surface area contributed by atoms with Crippen LogP contribution in [-0.4, -0.2) is 0 Å². The lowest BCUT2D eigenvalue weighted by Gasteiger charge is -2.44. The number of rotatable bonds is 2. The van der Waals surface area contributed by atoms with E-state index < -0.39 is 0 Å². The number of furan rings is 1. The van der Waals surface area contributed by atoms with Crippen LogP contribution in [0, 0.1) is 6.92 Å². The summed E-state index contributed by atoms with van der Waals surface area (Å²) in [6, 6.07) is 33.3. The predicted octanol–water partition coefficient (Wildman–Crippen LogP) is 9.02. The van der Waals surface area contributed by atoms with E-state index in [1.165, 1.54) is 33.4 Å². The summed E-state index contributed by atoms with van der Waals surface area (Å²) in [5.41, 5.74) is 13.2. The van der Waals surface area contributed by atoms with Gasteiger partial charge in [0.15, 0.2) is 6.20 Å². The van der Waals surface area contributed by atoms with Gasteiger partial charge in [0.05, 0.1) is 5.56 Å². The molecule has 0 bridgehead atoms. The Morgan fingerprint density at radius 2 is 1.28 bits per heavy atom. The second-order valence-electron chi connectivity index (χ2n) is 12.2. The molecule has 39 heavy (non-hydrogen) atoms. The Labute approximate surface area is 230 Å². The molecule has 192 valence electrons. The maximum Gasteiger partial charge on any atom is 0.216 e. The third-order valence-corrected chi connectivity index (χ3v) is 9.14. The summed E-state index contributed by atoms with van der Waals surface area (Å²) in [6.07, 6.45) is 2.09. The first-order valence-corrected chi connectivity index (χ1v) is 13.8. The molecule has 1 aliphatic carbocycles. The molecule has 1 aliphatic rings. The van der Waals surface area contributed by atoms with Crippen LogP contribution in [0.4, 0.5) is 0 Å². The Morgan fingerprint density at radius 3 is 2.03 bits per heavy atom. The van der Waals surface area contributed by atoms with E-state index in [-0.39, 0.29) is 10.8 Å². The van der Waals surface area contributed by atoms with Crippen LogP contribution in [0.5, 0.6) is 0 Å². The average Bonchev–Trinajstić information content (AvgIpc) is 3.31. The van der Waals surface area contributed by atoms with Gasteiger partial charge in [0.2, 0.25) is 5.69 Å². The fraction of sp³-hybridized carbons (Fsp3) is 0.216. The molecule has 0 amide bonds. The summed E-state index contributed by atoms with van der Waals surface area (Å²) in [5.74, 6) is 0. The Bertz CT molecular complexity index is 1940. The highest BCUT2D eigenvalue weighted by molar-refractivity contribution is 6.13. The van der Waals surface area contributed by atoms with Gasteiger partial charge in [0, 0.05) is 39.3 Å². The molecule has 2 heteroatoms. The van der Waals surface area contributed by atoms with Crippen molar-refractivity contribution in [2.45, 2.75) is 45.4 Å². The topological polar surface area (TPSA) is 17.0 Å². The summed E-state index contributed by atoms with van der Waals surface area (Å²) in [6.45, 7) is 11.6. The molecule has 0 unspecified atom stereocenters. The normalized spacial score (nSPS) is 15.3. The molecule has 0 radical (unpaired) electrons. The van der Waals surface area contributed by atoms with E-state index in [4.69, 9.17) is 4.42 Å². The highest BCUT2D eigenvalue weighted by Gasteiger charge is 2.41. The minimum absolute atomic E-state index is 0.0526. The van der Waals surface area contributed by atoms with Gasteiger partial charge in [-0.25, -0.2) is 4.57 Å². The van der Waals surface area contributed by atoms with Crippen molar-refractivity contribution >= 4 is 21.9 Å². The van der Waals surface area contributed by atoms with Crippen molar-refractivity contribution in [1.29, 1.82) is 0 Å². The minimum Gasteiger partial charge on any atom is -0.454 e. The standard InChI is InChI=1S/C37H34NO/c1-23-17-19-27-26-13-11-12-25(34(26)39-35(27)33(23)32-16-9-10-21-38(32)6)24-18-20-30-31(22-24)37(4,5)29-15-8-7-14-28(29)36(30,2)3/h7-22H,1-6H3/q+1. The van der Waals surface area contributed by atoms with Crippen LogP contribution in [0.2, 0.25) is 0 Å². The lowest BCUT2D eigenvalue weighted by atomic mass is 9.60. The smallest absolute Gasteiger partial charge is 0.216 e. The maximum absolute atomic E-state index is 6.84. The van der Waals surface area contributed by atoms with Crippen LogP contribution < -0.4 is 4.57 Å². The molecule has 0 aliphatic heterocycles. The summed E-state index contributed by atoms with van der Waals surface area (Å²) >= 11 is 0. The molecule has 0 N–H and O–H groups in total. The number of hydrogen-bond donors (Lipinski definition) is 0. The summed E-state index contributed by atoms with van der Waals surface area (Å²) in [5, 5.41) is 2.31. The first kappa shape index (κ1) is 23.9. The van der Waals surface area contributed by atoms with Gasteiger partial charge in [-0.2, -0.15) is 0 Å². The third kappa shape index (κ3) is 3.31. The molecule has 0 atom stereocenters. The lowest BCUT2D eigenvalue weighted by Crippen LogP contribution is -2.36. The number of hydrogen-bond acceptors (Lipinski definition) is 1.